The zero-order chi connectivity index (χ0) is 44.2. The highest BCUT2D eigenvalue weighted by atomic mass is 35.5. The number of likely N-dealkylation sites (tertiary alicyclic amines) is 2. The number of H-pyrrole nitrogens is 1. The molecule has 17 heteroatoms. The summed E-state index contributed by atoms with van der Waals surface area (Å²) in [6, 6.07) is 22.7. The Kier molecular flexibility index (Phi) is 10.6. The number of amides is 3. The van der Waals surface area contributed by atoms with Gasteiger partial charge in [-0.2, -0.15) is 0 Å². The molecule has 2 fully saturated rings. The van der Waals surface area contributed by atoms with Gasteiger partial charge in [0, 0.05) is 45.8 Å². The molecule has 10 rings (SSSR count). The molecular formula is C47H37Cl2FN8O6. The number of oxazole rings is 1. The standard InChI is InChI=1S/C47H37Cl2FN8O6/c1-62-36-11-3-7-26-28(36)21-39(48)55-41(26)46(60)57-17-5-9-34(57)43-52-32-16-13-24(20-33(32)53-43)38-23-51-45(64-38)25-14-15-31(30(50)19-25)54-44(59)35-10-6-18-58(35)47(61)42-27-8-4-12-37(63-2)29(27)22-40(49)56-42/h3-4,7-8,11-16,19-23,34-35H,5-6,9-10,17-18H2,1-2H3,(H,52,53)(H,54,59)/t34-,35-/m0/s1. The first-order valence-electron chi connectivity index (χ1n) is 20.5. The predicted octanol–water partition coefficient (Wildman–Crippen LogP) is 9.66. The molecule has 0 saturated carbocycles. The topological polar surface area (TPSA) is 169 Å². The summed E-state index contributed by atoms with van der Waals surface area (Å²) in [7, 11) is 3.09. The first-order valence-corrected chi connectivity index (χ1v) is 21.3. The molecule has 14 nitrogen and oxygen atoms in total. The third-order valence-electron chi connectivity index (χ3n) is 11.9. The molecule has 2 aliphatic rings. The number of carbonyl (C=O) groups excluding carboxylic acids is 3. The number of methoxy groups -OCH3 is 2. The van der Waals surface area contributed by atoms with Crippen molar-refractivity contribution in [1.29, 1.82) is 0 Å². The van der Waals surface area contributed by atoms with Crippen LogP contribution in [0.5, 0.6) is 11.5 Å². The lowest BCUT2D eigenvalue weighted by Gasteiger charge is -2.24. The minimum absolute atomic E-state index is 0.0589. The number of pyridine rings is 2. The molecule has 0 aliphatic carbocycles. The van der Waals surface area contributed by atoms with Gasteiger partial charge in [-0.15, -0.1) is 0 Å². The van der Waals surface area contributed by atoms with E-state index in [1.165, 1.54) is 24.1 Å². The van der Waals surface area contributed by atoms with Gasteiger partial charge >= 0.3 is 0 Å². The summed E-state index contributed by atoms with van der Waals surface area (Å²) >= 11 is 12.7. The number of aromatic amines is 1. The van der Waals surface area contributed by atoms with Gasteiger partial charge in [0.25, 0.3) is 11.8 Å². The van der Waals surface area contributed by atoms with Crippen LogP contribution in [0.4, 0.5) is 10.1 Å². The Hall–Kier alpha value is -7.10. The van der Waals surface area contributed by atoms with Crippen molar-refractivity contribution < 1.29 is 32.7 Å². The van der Waals surface area contributed by atoms with Gasteiger partial charge in [0.2, 0.25) is 11.8 Å². The van der Waals surface area contributed by atoms with Crippen molar-refractivity contribution in [3.05, 3.63) is 124 Å². The number of anilines is 1. The van der Waals surface area contributed by atoms with Gasteiger partial charge in [-0.1, -0.05) is 47.5 Å². The van der Waals surface area contributed by atoms with E-state index in [0.717, 1.165) is 11.9 Å². The zero-order valence-corrected chi connectivity index (χ0v) is 35.8. The molecule has 0 radical (unpaired) electrons. The van der Waals surface area contributed by atoms with Crippen LogP contribution in [0.1, 0.15) is 58.5 Å². The van der Waals surface area contributed by atoms with Crippen LogP contribution in [-0.2, 0) is 4.79 Å². The molecule has 3 amide bonds. The number of imidazole rings is 1. The van der Waals surface area contributed by atoms with Crippen molar-refractivity contribution in [2.24, 2.45) is 0 Å². The normalized spacial score (nSPS) is 16.3. The Labute approximate surface area is 374 Å². The van der Waals surface area contributed by atoms with Crippen molar-refractivity contribution in [2.75, 3.05) is 32.6 Å². The van der Waals surface area contributed by atoms with Crippen molar-refractivity contribution in [2.45, 2.75) is 37.8 Å². The van der Waals surface area contributed by atoms with Crippen LogP contribution in [0.3, 0.4) is 0 Å². The van der Waals surface area contributed by atoms with E-state index < -0.39 is 23.7 Å². The highest BCUT2D eigenvalue weighted by Crippen LogP contribution is 2.37. The lowest BCUT2D eigenvalue weighted by atomic mass is 10.1. The van der Waals surface area contributed by atoms with Gasteiger partial charge in [-0.3, -0.25) is 14.4 Å². The first-order chi connectivity index (χ1) is 31.1. The summed E-state index contributed by atoms with van der Waals surface area (Å²) in [4.78, 5) is 66.2. The maximum atomic E-state index is 15.7. The second-order valence-electron chi connectivity index (χ2n) is 15.6. The van der Waals surface area contributed by atoms with E-state index >= 15 is 4.39 Å². The van der Waals surface area contributed by atoms with E-state index in [1.54, 1.807) is 54.6 Å². The molecule has 2 atom stereocenters. The number of benzene rings is 4. The van der Waals surface area contributed by atoms with Crippen LogP contribution >= 0.6 is 23.2 Å². The molecule has 64 heavy (non-hydrogen) atoms. The maximum absolute atomic E-state index is 15.7. The number of carbonyl (C=O) groups is 3. The summed E-state index contributed by atoms with van der Waals surface area (Å²) in [5.41, 5.74) is 2.77. The fourth-order valence-corrected chi connectivity index (χ4v) is 9.20. The van der Waals surface area contributed by atoms with Crippen LogP contribution in [-0.4, -0.2) is 85.8 Å². The van der Waals surface area contributed by atoms with Crippen LogP contribution in [0.15, 0.2) is 95.5 Å². The number of hydrogen-bond donors (Lipinski definition) is 2. The third-order valence-corrected chi connectivity index (χ3v) is 12.2. The molecular weight excluding hydrogens is 862 g/mol. The van der Waals surface area contributed by atoms with Gasteiger partial charge in [0.15, 0.2) is 5.76 Å². The first kappa shape index (κ1) is 40.9. The van der Waals surface area contributed by atoms with Crippen LogP contribution in [0.2, 0.25) is 10.3 Å². The number of ether oxygens (including phenoxy) is 2. The summed E-state index contributed by atoms with van der Waals surface area (Å²) in [5, 5.41) is 5.48. The van der Waals surface area contributed by atoms with E-state index in [0.29, 0.717) is 93.6 Å². The van der Waals surface area contributed by atoms with Crippen molar-refractivity contribution in [3.8, 4) is 34.3 Å². The molecule has 4 aromatic carbocycles. The zero-order valence-electron chi connectivity index (χ0n) is 34.3. The number of rotatable bonds is 9. The van der Waals surface area contributed by atoms with Crippen molar-refractivity contribution in [3.63, 3.8) is 0 Å². The Bertz CT molecular complexity index is 3190. The van der Waals surface area contributed by atoms with Crippen molar-refractivity contribution in [1.82, 2.24) is 34.7 Å². The molecule has 6 heterocycles. The summed E-state index contributed by atoms with van der Waals surface area (Å²) in [6.45, 7) is 0.841. The molecule has 0 bridgehead atoms. The number of nitrogens with one attached hydrogen (secondary N) is 2. The lowest BCUT2D eigenvalue weighted by Crippen LogP contribution is -2.43. The quantitative estimate of drug-likeness (QED) is 0.133. The fourth-order valence-electron chi connectivity index (χ4n) is 8.81. The summed E-state index contributed by atoms with van der Waals surface area (Å²) in [5.74, 6) is 0.426. The monoisotopic (exact) mass is 898 g/mol. The minimum Gasteiger partial charge on any atom is -0.496 e. The lowest BCUT2D eigenvalue weighted by molar-refractivity contribution is -0.119. The van der Waals surface area contributed by atoms with E-state index in [2.05, 4.69) is 25.3 Å². The Balaban J connectivity index is 0.839. The maximum Gasteiger partial charge on any atom is 0.273 e. The number of fused-ring (bicyclic) bond motifs is 3. The smallest absolute Gasteiger partial charge is 0.273 e. The Morgan fingerprint density at radius 3 is 2.08 bits per heavy atom. The second-order valence-corrected chi connectivity index (χ2v) is 16.4. The highest BCUT2D eigenvalue weighted by molar-refractivity contribution is 6.31. The van der Waals surface area contributed by atoms with Crippen molar-refractivity contribution >= 4 is 79.2 Å². The van der Waals surface area contributed by atoms with Gasteiger partial charge in [-0.25, -0.2) is 24.3 Å². The Morgan fingerprint density at radius 2 is 1.41 bits per heavy atom. The number of halogens is 3. The number of aromatic nitrogens is 5. The third kappa shape index (κ3) is 7.29. The molecule has 8 aromatic rings. The van der Waals surface area contributed by atoms with Gasteiger partial charge < -0.3 is 34.0 Å². The summed E-state index contributed by atoms with van der Waals surface area (Å²) in [6.07, 6.45) is 4.00. The van der Waals surface area contributed by atoms with Crippen LogP contribution in [0, 0.1) is 5.82 Å². The largest absolute Gasteiger partial charge is 0.496 e. The SMILES string of the molecule is COc1cccc2c(C(=O)N3CCC[C@H]3C(=O)Nc3ccc(-c4ncc(-c5ccc6nc([C@@H]7CCCN7C(=O)c7nc(Cl)cc8c(OC)cccc78)[nH]c6c5)o4)cc3F)nc(Cl)cc12. The number of hydrogen-bond acceptors (Lipinski definition) is 10. The van der Waals surface area contributed by atoms with E-state index in [1.807, 2.05) is 36.4 Å². The van der Waals surface area contributed by atoms with Gasteiger partial charge in [0.1, 0.15) is 50.9 Å². The minimum atomic E-state index is -0.859. The average Bonchev–Trinajstić information content (AvgIpc) is 4.15. The van der Waals surface area contributed by atoms with Crippen LogP contribution < -0.4 is 14.8 Å². The average molecular weight is 900 g/mol. The number of nitrogens with zero attached hydrogens (tertiary/aromatic N) is 6. The molecule has 0 spiro atoms. The highest BCUT2D eigenvalue weighted by Gasteiger charge is 2.37. The Morgan fingerprint density at radius 1 is 0.766 bits per heavy atom. The molecule has 2 aliphatic heterocycles. The fraction of sp³-hybridized carbons (Fsp3) is 0.213. The summed E-state index contributed by atoms with van der Waals surface area (Å²) < 4.78 is 32.8. The second kappa shape index (κ2) is 16.5. The molecule has 2 saturated heterocycles. The predicted molar refractivity (Wildman–Crippen MR) is 239 cm³/mol. The van der Waals surface area contributed by atoms with Gasteiger partial charge in [0.05, 0.1) is 43.2 Å². The molecule has 4 aromatic heterocycles. The van der Waals surface area contributed by atoms with E-state index in [4.69, 9.17) is 42.1 Å². The van der Waals surface area contributed by atoms with Crippen LogP contribution in [0.25, 0.3) is 55.4 Å². The van der Waals surface area contributed by atoms with E-state index in [-0.39, 0.29) is 45.2 Å². The molecule has 322 valence electrons. The molecule has 2 N–H and O–H groups in total. The van der Waals surface area contributed by atoms with Gasteiger partial charge in [-0.05, 0) is 86.3 Å². The molecule has 0 unspecified atom stereocenters. The van der Waals surface area contributed by atoms with E-state index in [9.17, 15) is 14.4 Å².